The van der Waals surface area contributed by atoms with Crippen LogP contribution in [0.15, 0.2) is 53.4 Å². The fraction of sp³-hybridized carbons (Fsp3) is 0.417. The van der Waals surface area contributed by atoms with E-state index in [0.29, 0.717) is 24.6 Å². The van der Waals surface area contributed by atoms with E-state index in [0.717, 1.165) is 30.8 Å². The summed E-state index contributed by atoms with van der Waals surface area (Å²) in [6.45, 7) is 7.75. The lowest BCUT2D eigenvalue weighted by Gasteiger charge is -2.34. The molecule has 1 saturated heterocycles. The van der Waals surface area contributed by atoms with Crippen molar-refractivity contribution in [2.75, 3.05) is 32.7 Å². The summed E-state index contributed by atoms with van der Waals surface area (Å²) in [5.74, 6) is 0.294. The number of carbonyl (C=O) groups is 1. The first-order valence-electron chi connectivity index (χ1n) is 10.9. The molecule has 0 spiro atoms. The summed E-state index contributed by atoms with van der Waals surface area (Å²) in [5.41, 5.74) is 2.87. The van der Waals surface area contributed by atoms with Gasteiger partial charge in [-0.15, -0.1) is 0 Å². The van der Waals surface area contributed by atoms with Gasteiger partial charge >= 0.3 is 0 Å². The van der Waals surface area contributed by atoms with Crippen LogP contribution in [0.5, 0.6) is 0 Å². The van der Waals surface area contributed by atoms with Crippen molar-refractivity contribution in [3.63, 3.8) is 0 Å². The maximum absolute atomic E-state index is 12.5. The highest BCUT2D eigenvalue weighted by Gasteiger charge is 2.22. The van der Waals surface area contributed by atoms with Gasteiger partial charge in [0.1, 0.15) is 0 Å². The second kappa shape index (κ2) is 10.7. The van der Waals surface area contributed by atoms with E-state index < -0.39 is 10.0 Å². The standard InChI is InChI=1S/C24H30N4O3S/c1-19(2)22-7-9-23(10-8-22)32(30,31)26-12-11-24(29)28-15-13-27(14-16-28)18-21-5-3-20(17-25)4-6-21/h3-10,19,26H,11-16,18H2,1-2H3. The molecule has 1 aliphatic rings. The minimum atomic E-state index is -3.63. The number of nitrogens with one attached hydrogen (secondary N) is 1. The van der Waals surface area contributed by atoms with Gasteiger partial charge in [-0.05, 0) is 41.3 Å². The first-order valence-corrected chi connectivity index (χ1v) is 12.4. The number of benzene rings is 2. The first-order chi connectivity index (χ1) is 15.3. The van der Waals surface area contributed by atoms with Crippen LogP contribution in [-0.2, 0) is 21.4 Å². The largest absolute Gasteiger partial charge is 0.340 e. The highest BCUT2D eigenvalue weighted by Crippen LogP contribution is 2.17. The van der Waals surface area contributed by atoms with Crippen molar-refractivity contribution in [2.24, 2.45) is 0 Å². The molecule has 2 aromatic rings. The molecule has 0 radical (unpaired) electrons. The third-order valence-corrected chi connectivity index (χ3v) is 7.18. The molecule has 0 aromatic heterocycles. The van der Waals surface area contributed by atoms with Crippen molar-refractivity contribution in [3.05, 3.63) is 65.2 Å². The van der Waals surface area contributed by atoms with E-state index in [1.807, 2.05) is 36.4 Å². The monoisotopic (exact) mass is 454 g/mol. The average molecular weight is 455 g/mol. The Morgan fingerprint density at radius 2 is 1.66 bits per heavy atom. The van der Waals surface area contributed by atoms with Gasteiger partial charge in [-0.1, -0.05) is 38.1 Å². The number of amides is 1. The number of rotatable bonds is 8. The molecule has 1 heterocycles. The Bertz CT molecular complexity index is 1050. The van der Waals surface area contributed by atoms with Crippen LogP contribution in [0.4, 0.5) is 0 Å². The Kier molecular flexibility index (Phi) is 8.02. The molecule has 0 saturated carbocycles. The molecule has 2 aromatic carbocycles. The van der Waals surface area contributed by atoms with E-state index in [9.17, 15) is 13.2 Å². The topological polar surface area (TPSA) is 93.5 Å². The van der Waals surface area contributed by atoms with Gasteiger partial charge in [0.25, 0.3) is 0 Å². The lowest BCUT2D eigenvalue weighted by atomic mass is 10.0. The summed E-state index contributed by atoms with van der Waals surface area (Å²) in [4.78, 5) is 16.8. The summed E-state index contributed by atoms with van der Waals surface area (Å²) in [7, 11) is -3.63. The van der Waals surface area contributed by atoms with Crippen molar-refractivity contribution >= 4 is 15.9 Å². The third kappa shape index (κ3) is 6.39. The molecular weight excluding hydrogens is 424 g/mol. The summed E-state index contributed by atoms with van der Waals surface area (Å²) >= 11 is 0. The van der Waals surface area contributed by atoms with Gasteiger partial charge in [0, 0.05) is 45.7 Å². The molecule has 0 unspecified atom stereocenters. The predicted molar refractivity (Wildman–Crippen MR) is 123 cm³/mol. The second-order valence-corrected chi connectivity index (χ2v) is 10.1. The summed E-state index contributed by atoms with van der Waals surface area (Å²) in [6, 6.07) is 16.5. The first kappa shape index (κ1) is 23.9. The van der Waals surface area contributed by atoms with Crippen molar-refractivity contribution in [1.29, 1.82) is 5.26 Å². The van der Waals surface area contributed by atoms with Crippen LogP contribution in [-0.4, -0.2) is 56.8 Å². The second-order valence-electron chi connectivity index (χ2n) is 8.34. The fourth-order valence-electron chi connectivity index (χ4n) is 3.66. The highest BCUT2D eigenvalue weighted by molar-refractivity contribution is 7.89. The van der Waals surface area contributed by atoms with Crippen LogP contribution in [0.2, 0.25) is 0 Å². The quantitative estimate of drug-likeness (QED) is 0.662. The lowest BCUT2D eigenvalue weighted by molar-refractivity contribution is -0.132. The molecule has 32 heavy (non-hydrogen) atoms. The molecule has 7 nitrogen and oxygen atoms in total. The number of nitriles is 1. The van der Waals surface area contributed by atoms with Crippen molar-refractivity contribution in [1.82, 2.24) is 14.5 Å². The molecule has 0 atom stereocenters. The Balaban J connectivity index is 1.42. The average Bonchev–Trinajstić information content (AvgIpc) is 2.80. The van der Waals surface area contributed by atoms with Crippen LogP contribution in [0.25, 0.3) is 0 Å². The molecule has 1 aliphatic heterocycles. The zero-order chi connectivity index (χ0) is 23.1. The zero-order valence-corrected chi connectivity index (χ0v) is 19.4. The van der Waals surface area contributed by atoms with E-state index >= 15 is 0 Å². The lowest BCUT2D eigenvalue weighted by Crippen LogP contribution is -2.48. The molecule has 170 valence electrons. The zero-order valence-electron chi connectivity index (χ0n) is 18.6. The van der Waals surface area contributed by atoms with E-state index in [4.69, 9.17) is 5.26 Å². The van der Waals surface area contributed by atoms with Crippen LogP contribution >= 0.6 is 0 Å². The summed E-state index contributed by atoms with van der Waals surface area (Å²) < 4.78 is 27.5. The van der Waals surface area contributed by atoms with E-state index in [2.05, 4.69) is 29.5 Å². The predicted octanol–water partition coefficient (Wildman–Crippen LogP) is 2.69. The number of hydrogen-bond donors (Lipinski definition) is 1. The number of carbonyl (C=O) groups excluding carboxylic acids is 1. The van der Waals surface area contributed by atoms with Crippen LogP contribution in [0.3, 0.4) is 0 Å². The Labute approximate surface area is 190 Å². The van der Waals surface area contributed by atoms with Gasteiger partial charge in [0.15, 0.2) is 0 Å². The molecular formula is C24H30N4O3S. The van der Waals surface area contributed by atoms with Gasteiger partial charge in [-0.2, -0.15) is 5.26 Å². The van der Waals surface area contributed by atoms with E-state index in [1.165, 1.54) is 0 Å². The third-order valence-electron chi connectivity index (χ3n) is 5.70. The van der Waals surface area contributed by atoms with Crippen molar-refractivity contribution < 1.29 is 13.2 Å². The van der Waals surface area contributed by atoms with Crippen molar-refractivity contribution in [3.8, 4) is 6.07 Å². The normalized spacial score (nSPS) is 15.0. The minimum absolute atomic E-state index is 0.0409. The van der Waals surface area contributed by atoms with E-state index in [1.54, 1.807) is 17.0 Å². The van der Waals surface area contributed by atoms with Gasteiger partial charge in [0.05, 0.1) is 16.5 Å². The van der Waals surface area contributed by atoms with Gasteiger partial charge in [-0.25, -0.2) is 13.1 Å². The Morgan fingerprint density at radius 1 is 1.03 bits per heavy atom. The highest BCUT2D eigenvalue weighted by atomic mass is 32.2. The van der Waals surface area contributed by atoms with Crippen LogP contribution in [0, 0.1) is 11.3 Å². The van der Waals surface area contributed by atoms with Gasteiger partial charge in [0.2, 0.25) is 15.9 Å². The molecule has 3 rings (SSSR count). The number of piperazine rings is 1. The minimum Gasteiger partial charge on any atom is -0.340 e. The van der Waals surface area contributed by atoms with Gasteiger partial charge in [-0.3, -0.25) is 9.69 Å². The number of hydrogen-bond acceptors (Lipinski definition) is 5. The smallest absolute Gasteiger partial charge is 0.240 e. The van der Waals surface area contributed by atoms with Crippen molar-refractivity contribution in [2.45, 2.75) is 37.6 Å². The van der Waals surface area contributed by atoms with Crippen LogP contribution in [0.1, 0.15) is 42.9 Å². The maximum atomic E-state index is 12.5. The Hall–Kier alpha value is -2.73. The number of sulfonamides is 1. The molecule has 8 heteroatoms. The molecule has 0 aliphatic carbocycles. The Morgan fingerprint density at radius 3 is 2.22 bits per heavy atom. The molecule has 1 amide bonds. The maximum Gasteiger partial charge on any atom is 0.240 e. The molecule has 0 bridgehead atoms. The molecule has 1 N–H and O–H groups in total. The molecule has 1 fully saturated rings. The van der Waals surface area contributed by atoms with E-state index in [-0.39, 0.29) is 23.8 Å². The summed E-state index contributed by atoms with van der Waals surface area (Å²) in [5, 5.41) is 8.89. The van der Waals surface area contributed by atoms with Gasteiger partial charge < -0.3 is 4.90 Å². The van der Waals surface area contributed by atoms with Crippen LogP contribution < -0.4 is 4.72 Å². The summed E-state index contributed by atoms with van der Waals surface area (Å²) in [6.07, 6.45) is 0.138. The fourth-order valence-corrected chi connectivity index (χ4v) is 4.70. The number of nitrogens with zero attached hydrogens (tertiary/aromatic N) is 3. The SMILES string of the molecule is CC(C)c1ccc(S(=O)(=O)NCCC(=O)N2CCN(Cc3ccc(C#N)cc3)CC2)cc1.